The van der Waals surface area contributed by atoms with E-state index in [9.17, 15) is 0 Å². The minimum atomic E-state index is 0.279. The third-order valence-corrected chi connectivity index (χ3v) is 3.46. The van der Waals surface area contributed by atoms with Gasteiger partial charge in [-0.15, -0.1) is 0 Å². The number of hydrogen-bond acceptors (Lipinski definition) is 2. The number of nitrogens with zero attached hydrogens (tertiary/aromatic N) is 1. The zero-order chi connectivity index (χ0) is 14.5. The topological polar surface area (TPSA) is 15.3 Å². The molecule has 0 aliphatic heterocycles. The molecule has 0 bridgehead atoms. The number of rotatable bonds is 7. The molecule has 1 aromatic carbocycles. The molecule has 0 saturated heterocycles. The maximum atomic E-state index is 3.53. The van der Waals surface area contributed by atoms with Gasteiger partial charge < -0.3 is 10.2 Å². The van der Waals surface area contributed by atoms with E-state index in [0.29, 0.717) is 0 Å². The number of nitrogens with one attached hydrogen (secondary N) is 1. The molecule has 1 aromatic rings. The predicted molar refractivity (Wildman–Crippen MR) is 86.1 cm³/mol. The molecule has 0 aromatic heterocycles. The van der Waals surface area contributed by atoms with E-state index in [2.05, 4.69) is 70.1 Å². The summed E-state index contributed by atoms with van der Waals surface area (Å²) in [5.41, 5.74) is 4.31. The second kappa shape index (κ2) is 6.95. The van der Waals surface area contributed by atoms with Crippen LogP contribution in [0.25, 0.3) is 0 Å². The summed E-state index contributed by atoms with van der Waals surface area (Å²) < 4.78 is 0. The van der Waals surface area contributed by atoms with E-state index in [0.717, 1.165) is 19.6 Å². The second-order valence-corrected chi connectivity index (χ2v) is 6.49. The van der Waals surface area contributed by atoms with E-state index < -0.39 is 0 Å². The lowest BCUT2D eigenvalue weighted by atomic mass is 9.92. The third-order valence-electron chi connectivity index (χ3n) is 3.46. The van der Waals surface area contributed by atoms with Crippen LogP contribution in [0.1, 0.15) is 38.3 Å². The van der Waals surface area contributed by atoms with Crippen molar-refractivity contribution in [1.29, 1.82) is 0 Å². The number of benzene rings is 1. The molecular formula is C17H30N2. The zero-order valence-electron chi connectivity index (χ0n) is 13.5. The maximum absolute atomic E-state index is 3.53. The normalized spacial score (nSPS) is 11.7. The summed E-state index contributed by atoms with van der Waals surface area (Å²) in [6.07, 6.45) is 1.20. The SMILES string of the molecule is CCCNCC(C)(C)CN(C)c1ccc(C)cc1C. The lowest BCUT2D eigenvalue weighted by Gasteiger charge is -2.32. The Balaban J connectivity index is 2.64. The first-order chi connectivity index (χ1) is 8.85. The molecule has 0 aliphatic rings. The molecule has 0 atom stereocenters. The van der Waals surface area contributed by atoms with Gasteiger partial charge in [-0.1, -0.05) is 38.5 Å². The summed E-state index contributed by atoms with van der Waals surface area (Å²) in [6, 6.07) is 6.69. The molecule has 1 rings (SSSR count). The molecule has 0 fully saturated rings. The highest BCUT2D eigenvalue weighted by Crippen LogP contribution is 2.24. The van der Waals surface area contributed by atoms with Crippen molar-refractivity contribution < 1.29 is 0 Å². The van der Waals surface area contributed by atoms with E-state index in [1.54, 1.807) is 0 Å². The van der Waals surface area contributed by atoms with Gasteiger partial charge in [0.1, 0.15) is 0 Å². The smallest absolute Gasteiger partial charge is 0.0393 e. The second-order valence-electron chi connectivity index (χ2n) is 6.49. The molecule has 1 N–H and O–H groups in total. The molecule has 0 unspecified atom stereocenters. The molecular weight excluding hydrogens is 232 g/mol. The molecule has 19 heavy (non-hydrogen) atoms. The van der Waals surface area contributed by atoms with Gasteiger partial charge in [0.25, 0.3) is 0 Å². The first-order valence-electron chi connectivity index (χ1n) is 7.35. The molecule has 0 aliphatic carbocycles. The van der Waals surface area contributed by atoms with Crippen molar-refractivity contribution in [2.24, 2.45) is 5.41 Å². The van der Waals surface area contributed by atoms with E-state index in [4.69, 9.17) is 0 Å². The Bertz CT molecular complexity index is 396. The van der Waals surface area contributed by atoms with Crippen LogP contribution < -0.4 is 10.2 Å². The Labute approximate surface area is 119 Å². The summed E-state index contributed by atoms with van der Waals surface area (Å²) in [5, 5.41) is 3.53. The Kier molecular flexibility index (Phi) is 5.86. The van der Waals surface area contributed by atoms with Crippen LogP contribution in [0.3, 0.4) is 0 Å². The van der Waals surface area contributed by atoms with Crippen LogP contribution in [0.15, 0.2) is 18.2 Å². The quantitative estimate of drug-likeness (QED) is 0.753. The van der Waals surface area contributed by atoms with Gasteiger partial charge >= 0.3 is 0 Å². The van der Waals surface area contributed by atoms with Gasteiger partial charge in [0.05, 0.1) is 0 Å². The summed E-state index contributed by atoms with van der Waals surface area (Å²) in [6.45, 7) is 14.4. The number of anilines is 1. The first kappa shape index (κ1) is 16.0. The fourth-order valence-electron chi connectivity index (χ4n) is 2.62. The number of hydrogen-bond donors (Lipinski definition) is 1. The predicted octanol–water partition coefficient (Wildman–Crippen LogP) is 3.77. The average Bonchev–Trinajstić information content (AvgIpc) is 2.28. The summed E-state index contributed by atoms with van der Waals surface area (Å²) in [5.74, 6) is 0. The highest BCUT2D eigenvalue weighted by molar-refractivity contribution is 5.53. The van der Waals surface area contributed by atoms with E-state index in [1.165, 1.54) is 23.2 Å². The summed E-state index contributed by atoms with van der Waals surface area (Å²) in [7, 11) is 2.19. The number of aryl methyl sites for hydroxylation is 2. The lowest BCUT2D eigenvalue weighted by molar-refractivity contribution is 0.347. The van der Waals surface area contributed by atoms with Crippen molar-refractivity contribution in [1.82, 2.24) is 5.32 Å². The Morgan fingerprint density at radius 2 is 1.89 bits per heavy atom. The Hall–Kier alpha value is -1.02. The minimum absolute atomic E-state index is 0.279. The van der Waals surface area contributed by atoms with Gasteiger partial charge in [-0.3, -0.25) is 0 Å². The largest absolute Gasteiger partial charge is 0.374 e. The van der Waals surface area contributed by atoms with Crippen LogP contribution in [-0.4, -0.2) is 26.7 Å². The van der Waals surface area contributed by atoms with Gasteiger partial charge in [-0.2, -0.15) is 0 Å². The highest BCUT2D eigenvalue weighted by Gasteiger charge is 2.20. The van der Waals surface area contributed by atoms with Crippen LogP contribution in [0, 0.1) is 19.3 Å². The van der Waals surface area contributed by atoms with Crippen LogP contribution in [0.5, 0.6) is 0 Å². The lowest BCUT2D eigenvalue weighted by Crippen LogP contribution is -2.39. The summed E-state index contributed by atoms with van der Waals surface area (Å²) in [4.78, 5) is 2.38. The fraction of sp³-hybridized carbons (Fsp3) is 0.647. The summed E-state index contributed by atoms with van der Waals surface area (Å²) >= 11 is 0. The molecule has 108 valence electrons. The first-order valence-corrected chi connectivity index (χ1v) is 7.35. The van der Waals surface area contributed by atoms with Crippen LogP contribution in [0.4, 0.5) is 5.69 Å². The molecule has 2 heteroatoms. The van der Waals surface area contributed by atoms with E-state index >= 15 is 0 Å². The molecule has 0 radical (unpaired) electrons. The molecule has 0 spiro atoms. The van der Waals surface area contributed by atoms with E-state index in [1.807, 2.05) is 0 Å². The van der Waals surface area contributed by atoms with Crippen molar-refractivity contribution in [3.63, 3.8) is 0 Å². The van der Waals surface area contributed by atoms with E-state index in [-0.39, 0.29) is 5.41 Å². The van der Waals surface area contributed by atoms with Gasteiger partial charge in [-0.05, 0) is 43.9 Å². The van der Waals surface area contributed by atoms with Crippen molar-refractivity contribution in [2.45, 2.75) is 41.0 Å². The van der Waals surface area contributed by atoms with Gasteiger partial charge in [0, 0.05) is 25.8 Å². The van der Waals surface area contributed by atoms with Gasteiger partial charge in [0.15, 0.2) is 0 Å². The van der Waals surface area contributed by atoms with Crippen molar-refractivity contribution in [2.75, 3.05) is 31.6 Å². The third kappa shape index (κ3) is 5.23. The minimum Gasteiger partial charge on any atom is -0.374 e. The molecule has 0 saturated carbocycles. The van der Waals surface area contributed by atoms with Crippen LogP contribution in [0.2, 0.25) is 0 Å². The zero-order valence-corrected chi connectivity index (χ0v) is 13.5. The van der Waals surface area contributed by atoms with Crippen molar-refractivity contribution >= 4 is 5.69 Å². The van der Waals surface area contributed by atoms with Crippen molar-refractivity contribution in [3.05, 3.63) is 29.3 Å². The molecule has 0 heterocycles. The fourth-order valence-corrected chi connectivity index (χ4v) is 2.62. The molecule has 2 nitrogen and oxygen atoms in total. The maximum Gasteiger partial charge on any atom is 0.0393 e. The highest BCUT2D eigenvalue weighted by atomic mass is 15.1. The Morgan fingerprint density at radius 3 is 2.47 bits per heavy atom. The van der Waals surface area contributed by atoms with Gasteiger partial charge in [-0.25, -0.2) is 0 Å². The van der Waals surface area contributed by atoms with Crippen LogP contribution in [-0.2, 0) is 0 Å². The van der Waals surface area contributed by atoms with Crippen LogP contribution >= 0.6 is 0 Å². The average molecular weight is 262 g/mol. The monoisotopic (exact) mass is 262 g/mol. The van der Waals surface area contributed by atoms with Gasteiger partial charge in [0.2, 0.25) is 0 Å². The molecule has 0 amide bonds. The Morgan fingerprint density at radius 1 is 1.21 bits per heavy atom. The van der Waals surface area contributed by atoms with Crippen molar-refractivity contribution in [3.8, 4) is 0 Å². The standard InChI is InChI=1S/C17H30N2/c1-7-10-18-12-17(4,5)13-19(6)16-9-8-14(2)11-15(16)3/h8-9,11,18H,7,10,12-13H2,1-6H3.